The predicted molar refractivity (Wildman–Crippen MR) is 102 cm³/mol. The molecule has 7 heteroatoms. The first kappa shape index (κ1) is 16.7. The van der Waals surface area contributed by atoms with Crippen LogP contribution < -0.4 is 10.1 Å². The van der Waals surface area contributed by atoms with E-state index < -0.39 is 0 Å². The zero-order valence-electron chi connectivity index (χ0n) is 14.7. The van der Waals surface area contributed by atoms with E-state index in [0.717, 1.165) is 27.8 Å². The van der Waals surface area contributed by atoms with Crippen LogP contribution in [0.25, 0.3) is 22.2 Å². The first-order valence-corrected chi connectivity index (χ1v) is 8.43. The Hall–Kier alpha value is -3.74. The standard InChI is InChI=1S/C20H17N5O2/c1-27-16-11-9-15(10-12-16)20-22-24-25(23-20)13-19(26)21-18-8-4-6-14-5-2-3-7-17(14)18/h2-12H,13H2,1H3,(H,21,26). The molecule has 0 saturated carbocycles. The van der Waals surface area contributed by atoms with E-state index in [2.05, 4.69) is 20.7 Å². The number of carbonyl (C=O) groups is 1. The summed E-state index contributed by atoms with van der Waals surface area (Å²) in [6.45, 7) is -0.0215. The summed E-state index contributed by atoms with van der Waals surface area (Å²) in [5.41, 5.74) is 1.56. The Balaban J connectivity index is 1.47. The van der Waals surface area contributed by atoms with Gasteiger partial charge in [0.1, 0.15) is 12.3 Å². The molecule has 134 valence electrons. The maximum Gasteiger partial charge on any atom is 0.248 e. The van der Waals surface area contributed by atoms with Gasteiger partial charge in [-0.2, -0.15) is 4.80 Å². The van der Waals surface area contributed by atoms with Crippen molar-refractivity contribution < 1.29 is 9.53 Å². The van der Waals surface area contributed by atoms with Crippen LogP contribution in [0.3, 0.4) is 0 Å². The summed E-state index contributed by atoms with van der Waals surface area (Å²) in [5.74, 6) is 0.987. The maximum absolute atomic E-state index is 12.4. The Morgan fingerprint density at radius 2 is 1.81 bits per heavy atom. The molecule has 0 saturated heterocycles. The molecule has 27 heavy (non-hydrogen) atoms. The average molecular weight is 359 g/mol. The lowest BCUT2D eigenvalue weighted by Gasteiger charge is -2.08. The van der Waals surface area contributed by atoms with E-state index in [1.165, 1.54) is 4.80 Å². The molecule has 1 heterocycles. The van der Waals surface area contributed by atoms with Crippen molar-refractivity contribution in [2.24, 2.45) is 0 Å². The van der Waals surface area contributed by atoms with Gasteiger partial charge < -0.3 is 10.1 Å². The van der Waals surface area contributed by atoms with Crippen LogP contribution in [0.2, 0.25) is 0 Å². The van der Waals surface area contributed by atoms with Crippen molar-refractivity contribution in [2.45, 2.75) is 6.54 Å². The van der Waals surface area contributed by atoms with Gasteiger partial charge in [-0.15, -0.1) is 10.2 Å². The molecule has 0 aliphatic carbocycles. The molecule has 0 fully saturated rings. The van der Waals surface area contributed by atoms with E-state index >= 15 is 0 Å². The zero-order valence-corrected chi connectivity index (χ0v) is 14.7. The lowest BCUT2D eigenvalue weighted by atomic mass is 10.1. The zero-order chi connectivity index (χ0) is 18.6. The molecule has 0 spiro atoms. The third kappa shape index (κ3) is 3.62. The van der Waals surface area contributed by atoms with Crippen LogP contribution >= 0.6 is 0 Å². The number of carbonyl (C=O) groups excluding carboxylic acids is 1. The lowest BCUT2D eigenvalue weighted by molar-refractivity contribution is -0.117. The number of fused-ring (bicyclic) bond motifs is 1. The highest BCUT2D eigenvalue weighted by atomic mass is 16.5. The second-order valence-corrected chi connectivity index (χ2v) is 5.95. The van der Waals surface area contributed by atoms with Crippen molar-refractivity contribution in [3.8, 4) is 17.1 Å². The van der Waals surface area contributed by atoms with Crippen LogP contribution in [0.5, 0.6) is 5.75 Å². The fourth-order valence-electron chi connectivity index (χ4n) is 2.82. The second kappa shape index (κ2) is 7.25. The molecular formula is C20H17N5O2. The summed E-state index contributed by atoms with van der Waals surface area (Å²) < 4.78 is 5.14. The first-order valence-electron chi connectivity index (χ1n) is 8.43. The Morgan fingerprint density at radius 3 is 2.63 bits per heavy atom. The number of rotatable bonds is 5. The number of nitrogens with zero attached hydrogens (tertiary/aromatic N) is 4. The van der Waals surface area contributed by atoms with Gasteiger partial charge in [-0.1, -0.05) is 36.4 Å². The number of ether oxygens (including phenoxy) is 1. The van der Waals surface area contributed by atoms with Gasteiger partial charge in [0, 0.05) is 16.6 Å². The summed E-state index contributed by atoms with van der Waals surface area (Å²) in [5, 5.41) is 17.2. The topological polar surface area (TPSA) is 81.9 Å². The van der Waals surface area contributed by atoms with Gasteiger partial charge in [0.2, 0.25) is 11.7 Å². The third-order valence-electron chi connectivity index (χ3n) is 4.15. The van der Waals surface area contributed by atoms with E-state index in [1.807, 2.05) is 66.7 Å². The van der Waals surface area contributed by atoms with Crippen LogP contribution in [0.15, 0.2) is 66.7 Å². The SMILES string of the molecule is COc1ccc(-c2nnn(CC(=O)Nc3cccc4ccccc34)n2)cc1. The first-order chi connectivity index (χ1) is 13.2. The summed E-state index contributed by atoms with van der Waals surface area (Å²) >= 11 is 0. The molecular weight excluding hydrogens is 342 g/mol. The molecule has 0 unspecified atom stereocenters. The number of methoxy groups -OCH3 is 1. The largest absolute Gasteiger partial charge is 0.497 e. The van der Waals surface area contributed by atoms with E-state index in [4.69, 9.17) is 4.74 Å². The van der Waals surface area contributed by atoms with Gasteiger partial charge in [0.05, 0.1) is 7.11 Å². The Morgan fingerprint density at radius 1 is 1.04 bits per heavy atom. The molecule has 3 aromatic carbocycles. The van der Waals surface area contributed by atoms with Crippen molar-refractivity contribution in [1.29, 1.82) is 0 Å². The fourth-order valence-corrected chi connectivity index (χ4v) is 2.82. The predicted octanol–water partition coefficient (Wildman–Crippen LogP) is 3.14. The normalized spacial score (nSPS) is 10.7. The molecule has 1 aromatic heterocycles. The quantitative estimate of drug-likeness (QED) is 0.592. The highest BCUT2D eigenvalue weighted by molar-refractivity contribution is 6.01. The highest BCUT2D eigenvalue weighted by Crippen LogP contribution is 2.23. The number of hydrogen-bond donors (Lipinski definition) is 1. The van der Waals surface area contributed by atoms with Crippen LogP contribution in [-0.4, -0.2) is 33.2 Å². The number of amides is 1. The maximum atomic E-state index is 12.4. The molecule has 7 nitrogen and oxygen atoms in total. The van der Waals surface area contributed by atoms with E-state index in [9.17, 15) is 4.79 Å². The average Bonchev–Trinajstić information content (AvgIpc) is 3.16. The molecule has 4 rings (SSSR count). The van der Waals surface area contributed by atoms with E-state index in [-0.39, 0.29) is 12.5 Å². The van der Waals surface area contributed by atoms with Crippen molar-refractivity contribution in [2.75, 3.05) is 12.4 Å². The Labute approximate surface area is 155 Å². The minimum Gasteiger partial charge on any atom is -0.497 e. The van der Waals surface area contributed by atoms with Crippen LogP contribution in [0.1, 0.15) is 0 Å². The van der Waals surface area contributed by atoms with Crippen molar-refractivity contribution in [1.82, 2.24) is 20.2 Å². The molecule has 0 bridgehead atoms. The third-order valence-corrected chi connectivity index (χ3v) is 4.15. The summed E-state index contributed by atoms with van der Waals surface area (Å²) in [4.78, 5) is 13.7. The smallest absolute Gasteiger partial charge is 0.248 e. The molecule has 0 radical (unpaired) electrons. The lowest BCUT2D eigenvalue weighted by Crippen LogP contribution is -2.20. The number of aromatic nitrogens is 4. The van der Waals surface area contributed by atoms with Crippen LogP contribution in [0, 0.1) is 0 Å². The summed E-state index contributed by atoms with van der Waals surface area (Å²) in [6, 6.07) is 21.0. The Bertz CT molecular complexity index is 1080. The number of anilines is 1. The van der Waals surface area contributed by atoms with E-state index in [0.29, 0.717) is 5.82 Å². The minimum atomic E-state index is -0.218. The number of benzene rings is 3. The van der Waals surface area contributed by atoms with Crippen LogP contribution in [0.4, 0.5) is 5.69 Å². The minimum absolute atomic E-state index is 0.0215. The Kier molecular flexibility index (Phi) is 4.49. The molecule has 1 N–H and O–H groups in total. The molecule has 4 aromatic rings. The monoisotopic (exact) mass is 359 g/mol. The molecule has 0 aliphatic rings. The number of hydrogen-bond acceptors (Lipinski definition) is 5. The summed E-state index contributed by atoms with van der Waals surface area (Å²) in [6.07, 6.45) is 0. The fraction of sp³-hybridized carbons (Fsp3) is 0.100. The number of tetrazole rings is 1. The van der Waals surface area contributed by atoms with Crippen LogP contribution in [-0.2, 0) is 11.3 Å². The van der Waals surface area contributed by atoms with Crippen molar-refractivity contribution in [3.63, 3.8) is 0 Å². The summed E-state index contributed by atoms with van der Waals surface area (Å²) in [7, 11) is 1.61. The van der Waals surface area contributed by atoms with Gasteiger partial charge in [-0.3, -0.25) is 4.79 Å². The molecule has 0 aliphatic heterocycles. The van der Waals surface area contributed by atoms with Gasteiger partial charge in [0.25, 0.3) is 0 Å². The molecule has 0 atom stereocenters. The molecule has 1 amide bonds. The van der Waals surface area contributed by atoms with Gasteiger partial charge in [-0.25, -0.2) is 0 Å². The van der Waals surface area contributed by atoms with Gasteiger partial charge in [-0.05, 0) is 40.9 Å². The van der Waals surface area contributed by atoms with Gasteiger partial charge in [0.15, 0.2) is 0 Å². The number of nitrogens with one attached hydrogen (secondary N) is 1. The van der Waals surface area contributed by atoms with Gasteiger partial charge >= 0.3 is 0 Å². The van der Waals surface area contributed by atoms with Crippen molar-refractivity contribution in [3.05, 3.63) is 66.7 Å². The highest BCUT2D eigenvalue weighted by Gasteiger charge is 2.11. The van der Waals surface area contributed by atoms with Crippen molar-refractivity contribution >= 4 is 22.4 Å². The van der Waals surface area contributed by atoms with E-state index in [1.54, 1.807) is 7.11 Å². The second-order valence-electron chi connectivity index (χ2n) is 5.95.